The normalized spacial score (nSPS) is 9.71. The molecule has 0 heterocycles. The van der Waals surface area contributed by atoms with Gasteiger partial charge in [0.1, 0.15) is 1.93 Å². The van der Waals surface area contributed by atoms with E-state index in [0.717, 1.165) is 0 Å². The first-order chi connectivity index (χ1) is 3.18. The molecule has 0 bridgehead atoms. The smallest absolute Gasteiger partial charge is 0.165 e. The minimum Gasteiger partial charge on any atom is -0.297 e. The predicted molar refractivity (Wildman–Crippen MR) is 55.7 cm³/mol. The lowest BCUT2D eigenvalue weighted by Gasteiger charge is -1.91. The van der Waals surface area contributed by atoms with Crippen LogP contribution in [0.4, 0.5) is 0 Å². The molecule has 1 nitrogen and oxygen atoms in total. The highest BCUT2D eigenvalue weighted by molar-refractivity contribution is 14.2. The quantitative estimate of drug-likeness (QED) is 0.480. The van der Waals surface area contributed by atoms with Crippen LogP contribution in [0.1, 0.15) is 0 Å². The number of rotatable bonds is 2. The molecule has 0 amide bonds. The fourth-order valence-corrected chi connectivity index (χ4v) is 2.62. The molecule has 4 heteroatoms. The van der Waals surface area contributed by atoms with Crippen molar-refractivity contribution in [1.82, 2.24) is 0 Å². The minimum atomic E-state index is 0.159. The summed E-state index contributed by atoms with van der Waals surface area (Å²) in [5, 5.41) is 0. The second-order valence-electron chi connectivity index (χ2n) is 0.901. The fraction of sp³-hybridized carbons (Fsp3) is 0.667. The van der Waals surface area contributed by atoms with E-state index in [4.69, 9.17) is 0 Å². The lowest BCUT2D eigenvalue weighted by atomic mass is 10.5. The molecule has 0 rings (SSSR count). The average Bonchev–Trinajstić information content (AvgIpc) is 1.65. The van der Waals surface area contributed by atoms with Gasteiger partial charge < -0.3 is 0 Å². The molecule has 7 heavy (non-hydrogen) atoms. The molecule has 0 aromatic carbocycles. The first-order valence-electron chi connectivity index (χ1n) is 1.55. The predicted octanol–water partition coefficient (Wildman–Crippen LogP) is 2.19. The molecule has 0 unspecified atom stereocenters. The van der Waals surface area contributed by atoms with E-state index in [-0.39, 0.29) is 1.93 Å². The summed E-state index contributed by atoms with van der Waals surface area (Å²) >= 11 is 6.27. The maximum absolute atomic E-state index is 10.5. The second kappa shape index (κ2) is 4.71. The molecule has 0 saturated carbocycles. The van der Waals surface area contributed by atoms with Crippen LogP contribution in [0.3, 0.4) is 0 Å². The summed E-state index contributed by atoms with van der Waals surface area (Å²) in [5.74, 6) is 0.307. The molecule has 0 aliphatic rings. The molecule has 0 N–H and O–H groups in total. The largest absolute Gasteiger partial charge is 0.297 e. The van der Waals surface area contributed by atoms with Gasteiger partial charge in [-0.2, -0.15) is 0 Å². The molecule has 0 aliphatic carbocycles. The summed E-state index contributed by atoms with van der Waals surface area (Å²) < 4.78 is 0.793. The monoisotopic (exact) mass is 436 g/mol. The molecular weight excluding hydrogens is 433 g/mol. The van der Waals surface area contributed by atoms with Crippen molar-refractivity contribution in [3.63, 3.8) is 0 Å². The van der Waals surface area contributed by atoms with Crippen molar-refractivity contribution in [1.29, 1.82) is 0 Å². The standard InChI is InChI=1S/C3H3I3O/c4-1-2(7)3(5)6/h3H,1H2. The van der Waals surface area contributed by atoms with Crippen LogP contribution in [0.2, 0.25) is 0 Å². The molecule has 0 atom stereocenters. The van der Waals surface area contributed by atoms with Crippen LogP contribution in [-0.2, 0) is 4.79 Å². The van der Waals surface area contributed by atoms with Crippen molar-refractivity contribution < 1.29 is 4.79 Å². The summed E-state index contributed by atoms with van der Waals surface area (Å²) in [4.78, 5) is 10.5. The van der Waals surface area contributed by atoms with Gasteiger partial charge in [0.05, 0.1) is 4.43 Å². The van der Waals surface area contributed by atoms with Crippen LogP contribution in [-0.4, -0.2) is 12.1 Å². The lowest BCUT2D eigenvalue weighted by Crippen LogP contribution is -2.06. The van der Waals surface area contributed by atoms with E-state index in [2.05, 4.69) is 67.8 Å². The van der Waals surface area contributed by atoms with Crippen LogP contribution in [0.25, 0.3) is 0 Å². The van der Waals surface area contributed by atoms with Gasteiger partial charge in [0, 0.05) is 0 Å². The molecule has 0 aromatic rings. The van der Waals surface area contributed by atoms with Crippen LogP contribution in [0.5, 0.6) is 0 Å². The third-order valence-electron chi connectivity index (χ3n) is 0.375. The van der Waals surface area contributed by atoms with E-state index in [0.29, 0.717) is 10.2 Å². The Bertz CT molecular complexity index is 70.6. The molecule has 0 saturated heterocycles. The van der Waals surface area contributed by atoms with Crippen molar-refractivity contribution in [2.24, 2.45) is 0 Å². The number of Topliss-reactive ketones (excluding diaryl/α,β-unsaturated/α-hetero) is 1. The molecule has 0 radical (unpaired) electrons. The van der Waals surface area contributed by atoms with E-state index < -0.39 is 0 Å². The summed E-state index contributed by atoms with van der Waals surface area (Å²) in [6.07, 6.45) is 0. The number of hydrogen-bond donors (Lipinski definition) is 0. The van der Waals surface area contributed by atoms with Gasteiger partial charge in [0.2, 0.25) is 0 Å². The van der Waals surface area contributed by atoms with Gasteiger partial charge in [-0.05, 0) is 0 Å². The Hall–Kier alpha value is 1.86. The summed E-state index contributed by atoms with van der Waals surface area (Å²) in [5.41, 5.74) is 0. The summed E-state index contributed by atoms with van der Waals surface area (Å²) in [6.45, 7) is 0. The number of carbonyl (C=O) groups is 1. The van der Waals surface area contributed by atoms with E-state index in [1.807, 2.05) is 0 Å². The number of ketones is 1. The van der Waals surface area contributed by atoms with Gasteiger partial charge in [-0.3, -0.25) is 4.79 Å². The van der Waals surface area contributed by atoms with Crippen LogP contribution < -0.4 is 0 Å². The molecule has 0 aliphatic heterocycles. The Balaban J connectivity index is 3.35. The summed E-state index contributed by atoms with van der Waals surface area (Å²) in [7, 11) is 0. The number of hydrogen-bond acceptors (Lipinski definition) is 1. The van der Waals surface area contributed by atoms with Crippen molar-refractivity contribution in [2.45, 2.75) is 1.93 Å². The highest BCUT2D eigenvalue weighted by atomic mass is 127. The maximum atomic E-state index is 10.5. The Morgan fingerprint density at radius 2 is 2.00 bits per heavy atom. The minimum absolute atomic E-state index is 0.159. The first-order valence-corrected chi connectivity index (χ1v) is 5.57. The lowest BCUT2D eigenvalue weighted by molar-refractivity contribution is -0.114. The molecular formula is C3H3I3O. The van der Waals surface area contributed by atoms with Gasteiger partial charge in [0.25, 0.3) is 0 Å². The van der Waals surface area contributed by atoms with E-state index in [1.165, 1.54) is 0 Å². The van der Waals surface area contributed by atoms with Crippen molar-refractivity contribution in [3.8, 4) is 0 Å². The molecule has 42 valence electrons. The zero-order valence-corrected chi connectivity index (χ0v) is 9.80. The molecule has 0 aromatic heterocycles. The second-order valence-corrected chi connectivity index (χ2v) is 6.54. The third kappa shape index (κ3) is 4.37. The SMILES string of the molecule is O=C(CI)C(I)I. The topological polar surface area (TPSA) is 17.1 Å². The number of halogens is 3. The Kier molecular flexibility index (Phi) is 5.96. The van der Waals surface area contributed by atoms with Crippen LogP contribution >= 0.6 is 67.8 Å². The fourth-order valence-electron chi connectivity index (χ4n) is 0.0583. The van der Waals surface area contributed by atoms with Crippen molar-refractivity contribution in [3.05, 3.63) is 0 Å². The Morgan fingerprint density at radius 3 is 2.00 bits per heavy atom. The van der Waals surface area contributed by atoms with Gasteiger partial charge in [-0.15, -0.1) is 0 Å². The molecule has 0 spiro atoms. The highest BCUT2D eigenvalue weighted by Crippen LogP contribution is 2.11. The Labute approximate surface area is 83.4 Å². The Morgan fingerprint density at radius 1 is 1.57 bits per heavy atom. The molecule has 0 fully saturated rings. The van der Waals surface area contributed by atoms with Crippen LogP contribution in [0.15, 0.2) is 0 Å². The van der Waals surface area contributed by atoms with E-state index in [1.54, 1.807) is 0 Å². The average molecular weight is 436 g/mol. The summed E-state index contributed by atoms with van der Waals surface area (Å²) in [6, 6.07) is 0. The first kappa shape index (κ1) is 8.86. The van der Waals surface area contributed by atoms with Crippen molar-refractivity contribution >= 4 is 73.6 Å². The van der Waals surface area contributed by atoms with Crippen LogP contribution in [0, 0.1) is 0 Å². The van der Waals surface area contributed by atoms with E-state index in [9.17, 15) is 4.79 Å². The van der Waals surface area contributed by atoms with Gasteiger partial charge in [-0.1, -0.05) is 67.8 Å². The van der Waals surface area contributed by atoms with Gasteiger partial charge in [-0.25, -0.2) is 0 Å². The number of carbonyl (C=O) groups excluding carboxylic acids is 1. The number of alkyl halides is 3. The van der Waals surface area contributed by atoms with Gasteiger partial charge >= 0.3 is 0 Å². The van der Waals surface area contributed by atoms with Crippen molar-refractivity contribution in [2.75, 3.05) is 4.43 Å². The zero-order chi connectivity index (χ0) is 5.86. The van der Waals surface area contributed by atoms with E-state index >= 15 is 0 Å². The third-order valence-corrected chi connectivity index (χ3v) is 2.52. The van der Waals surface area contributed by atoms with Gasteiger partial charge in [0.15, 0.2) is 5.78 Å². The highest BCUT2D eigenvalue weighted by Gasteiger charge is 2.05. The zero-order valence-electron chi connectivity index (χ0n) is 3.33. The maximum Gasteiger partial charge on any atom is 0.165 e.